The van der Waals surface area contributed by atoms with Crippen LogP contribution >= 0.6 is 15.9 Å². The maximum atomic E-state index is 10.8. The second kappa shape index (κ2) is 5.69. The Morgan fingerprint density at radius 2 is 1.85 bits per heavy atom. The van der Waals surface area contributed by atoms with Crippen LogP contribution in [0.2, 0.25) is 0 Å². The normalized spacial score (nSPS) is 13.5. The van der Waals surface area contributed by atoms with Gasteiger partial charge in [-0.2, -0.15) is 5.10 Å². The summed E-state index contributed by atoms with van der Waals surface area (Å²) in [4.78, 5) is 8.02. The molecule has 7 heteroatoms. The number of aromatic nitrogens is 4. The molecule has 4 aromatic rings. The molecular formula is C19H16BrN5O. The first-order chi connectivity index (χ1) is 12.6. The van der Waals surface area contributed by atoms with Crippen molar-refractivity contribution < 1.29 is 5.11 Å². The Balaban J connectivity index is 1.64. The van der Waals surface area contributed by atoms with Gasteiger partial charge in [-0.05, 0) is 35.4 Å². The molecule has 1 aliphatic heterocycles. The highest BCUT2D eigenvalue weighted by molar-refractivity contribution is 9.10. The van der Waals surface area contributed by atoms with Gasteiger partial charge in [-0.15, -0.1) is 0 Å². The lowest BCUT2D eigenvalue weighted by Crippen LogP contribution is -1.99. The molecule has 0 saturated heterocycles. The Bertz CT molecular complexity index is 1100. The van der Waals surface area contributed by atoms with Crippen LogP contribution in [-0.2, 0) is 20.1 Å². The van der Waals surface area contributed by atoms with Crippen LogP contribution in [0.3, 0.4) is 0 Å². The monoisotopic (exact) mass is 409 g/mol. The van der Waals surface area contributed by atoms with E-state index in [9.17, 15) is 5.11 Å². The summed E-state index contributed by atoms with van der Waals surface area (Å²) in [5.74, 6) is 0.746. The topological polar surface area (TPSA) is 78.8 Å². The number of hydrogen-bond acceptors (Lipinski definition) is 4. The second-order valence-corrected chi connectivity index (χ2v) is 7.42. The lowest BCUT2D eigenvalue weighted by atomic mass is 10.1. The number of hydrogen-bond donors (Lipinski definition) is 3. The lowest BCUT2D eigenvalue weighted by molar-refractivity contribution is 0.478. The zero-order valence-electron chi connectivity index (χ0n) is 14.0. The van der Waals surface area contributed by atoms with E-state index in [-0.39, 0.29) is 5.75 Å². The van der Waals surface area contributed by atoms with E-state index in [2.05, 4.69) is 43.5 Å². The number of rotatable bonds is 2. The number of aryl methyl sites for hydroxylation is 1. The number of halogens is 1. The molecule has 0 aliphatic carbocycles. The number of aromatic hydroxyl groups is 1. The Labute approximate surface area is 158 Å². The van der Waals surface area contributed by atoms with Crippen LogP contribution < -0.4 is 5.32 Å². The van der Waals surface area contributed by atoms with Gasteiger partial charge in [0, 0.05) is 30.2 Å². The quantitative estimate of drug-likeness (QED) is 0.471. The molecule has 130 valence electrons. The molecule has 6 nitrogen and oxygen atoms in total. The van der Waals surface area contributed by atoms with Crippen molar-refractivity contribution in [1.29, 1.82) is 0 Å². The molecule has 26 heavy (non-hydrogen) atoms. The van der Waals surface area contributed by atoms with Crippen molar-refractivity contribution in [3.05, 3.63) is 52.0 Å². The maximum absolute atomic E-state index is 10.8. The highest BCUT2D eigenvalue weighted by Crippen LogP contribution is 2.37. The third-order valence-electron chi connectivity index (χ3n) is 4.80. The van der Waals surface area contributed by atoms with Crippen molar-refractivity contribution in [2.75, 3.05) is 0 Å². The van der Waals surface area contributed by atoms with Crippen molar-refractivity contribution in [3.8, 4) is 28.5 Å². The van der Waals surface area contributed by atoms with Crippen LogP contribution in [0.4, 0.5) is 0 Å². The van der Waals surface area contributed by atoms with E-state index >= 15 is 0 Å². The van der Waals surface area contributed by atoms with Gasteiger partial charge in [0.1, 0.15) is 11.4 Å². The Morgan fingerprint density at radius 1 is 1.12 bits per heavy atom. The molecule has 3 N–H and O–H groups in total. The molecule has 2 aromatic carbocycles. The first-order valence-corrected chi connectivity index (χ1v) is 9.14. The van der Waals surface area contributed by atoms with E-state index in [1.165, 1.54) is 11.1 Å². The average molecular weight is 410 g/mol. The third kappa shape index (κ3) is 2.35. The van der Waals surface area contributed by atoms with Crippen LogP contribution in [0.1, 0.15) is 11.1 Å². The number of imidazole rings is 1. The summed E-state index contributed by atoms with van der Waals surface area (Å²) in [6.45, 7) is 1.75. The van der Waals surface area contributed by atoms with Crippen LogP contribution in [-0.4, -0.2) is 24.9 Å². The number of H-pyrrole nitrogens is 1. The highest BCUT2D eigenvalue weighted by Gasteiger charge is 2.22. The molecule has 0 fully saturated rings. The molecule has 2 aromatic heterocycles. The molecule has 0 bridgehead atoms. The van der Waals surface area contributed by atoms with Gasteiger partial charge in [-0.3, -0.25) is 4.68 Å². The summed E-state index contributed by atoms with van der Waals surface area (Å²) < 4.78 is 2.65. The van der Waals surface area contributed by atoms with Crippen LogP contribution in [0.5, 0.6) is 5.75 Å². The molecule has 0 spiro atoms. The molecule has 0 atom stereocenters. The van der Waals surface area contributed by atoms with E-state index in [0.29, 0.717) is 17.2 Å². The van der Waals surface area contributed by atoms with E-state index in [0.717, 1.165) is 34.2 Å². The molecule has 5 rings (SSSR count). The molecule has 0 saturated carbocycles. The van der Waals surface area contributed by atoms with Gasteiger partial charge in [0.05, 0.1) is 11.0 Å². The van der Waals surface area contributed by atoms with E-state index in [1.807, 2.05) is 31.3 Å². The Kier molecular flexibility index (Phi) is 3.41. The van der Waals surface area contributed by atoms with Gasteiger partial charge in [-0.1, -0.05) is 28.1 Å². The van der Waals surface area contributed by atoms with Gasteiger partial charge in [0.2, 0.25) is 0 Å². The second-order valence-electron chi connectivity index (χ2n) is 6.50. The predicted octanol–water partition coefficient (Wildman–Crippen LogP) is 3.70. The van der Waals surface area contributed by atoms with Crippen molar-refractivity contribution in [1.82, 2.24) is 25.1 Å². The number of nitrogens with zero attached hydrogens (tertiary/aromatic N) is 3. The largest absolute Gasteiger partial charge is 0.504 e. The number of aromatic amines is 1. The maximum Gasteiger partial charge on any atom is 0.173 e. The Hall–Kier alpha value is -2.64. The van der Waals surface area contributed by atoms with Gasteiger partial charge >= 0.3 is 0 Å². The lowest BCUT2D eigenvalue weighted by Gasteiger charge is -1.99. The summed E-state index contributed by atoms with van der Waals surface area (Å²) in [6.07, 6.45) is 0. The Morgan fingerprint density at radius 3 is 2.62 bits per heavy atom. The minimum Gasteiger partial charge on any atom is -0.504 e. The predicted molar refractivity (Wildman–Crippen MR) is 104 cm³/mol. The summed E-state index contributed by atoms with van der Waals surface area (Å²) in [7, 11) is 1.81. The van der Waals surface area contributed by atoms with Crippen molar-refractivity contribution >= 4 is 27.0 Å². The van der Waals surface area contributed by atoms with Gasteiger partial charge in [0.15, 0.2) is 11.6 Å². The molecule has 3 heterocycles. The summed E-state index contributed by atoms with van der Waals surface area (Å²) in [6, 6.07) is 11.9. The first-order valence-electron chi connectivity index (χ1n) is 8.34. The third-order valence-corrected chi connectivity index (χ3v) is 5.33. The fourth-order valence-corrected chi connectivity index (χ4v) is 3.76. The van der Waals surface area contributed by atoms with Crippen molar-refractivity contribution in [2.45, 2.75) is 13.1 Å². The standard InChI is InChI=1S/C19H16BrN5O/c1-25-17(18(26)16(24-25)10-2-4-13(20)5-3-10)19-22-14-6-11-8-21-9-12(11)7-15(14)23-19/h2-7,21,26H,8-9H2,1H3,(H,22,23). The number of nitrogens with one attached hydrogen (secondary N) is 2. The van der Waals surface area contributed by atoms with Gasteiger partial charge < -0.3 is 15.4 Å². The number of fused-ring (bicyclic) bond motifs is 2. The van der Waals surface area contributed by atoms with Crippen LogP contribution in [0, 0.1) is 0 Å². The highest BCUT2D eigenvalue weighted by atomic mass is 79.9. The van der Waals surface area contributed by atoms with Crippen LogP contribution in [0.25, 0.3) is 33.8 Å². The minimum absolute atomic E-state index is 0.128. The zero-order valence-corrected chi connectivity index (χ0v) is 15.6. The van der Waals surface area contributed by atoms with Crippen molar-refractivity contribution in [2.24, 2.45) is 7.05 Å². The summed E-state index contributed by atoms with van der Waals surface area (Å²) in [5, 5.41) is 18.7. The first kappa shape index (κ1) is 15.6. The molecular weight excluding hydrogens is 394 g/mol. The molecule has 0 unspecified atom stereocenters. The molecule has 0 amide bonds. The molecule has 1 aliphatic rings. The fourth-order valence-electron chi connectivity index (χ4n) is 3.50. The minimum atomic E-state index is 0.128. The van der Waals surface area contributed by atoms with E-state index in [4.69, 9.17) is 4.98 Å². The smallest absolute Gasteiger partial charge is 0.173 e. The summed E-state index contributed by atoms with van der Waals surface area (Å²) >= 11 is 3.43. The van der Waals surface area contributed by atoms with Gasteiger partial charge in [-0.25, -0.2) is 4.98 Å². The zero-order chi connectivity index (χ0) is 17.8. The van der Waals surface area contributed by atoms with E-state index in [1.54, 1.807) is 4.68 Å². The molecule has 0 radical (unpaired) electrons. The van der Waals surface area contributed by atoms with Gasteiger partial charge in [0.25, 0.3) is 0 Å². The average Bonchev–Trinajstić information content (AvgIpc) is 3.30. The fraction of sp³-hybridized carbons (Fsp3) is 0.158. The SMILES string of the molecule is Cn1nc(-c2ccc(Br)cc2)c(O)c1-c1nc2cc3c(cc2[nH]1)CNC3. The summed E-state index contributed by atoms with van der Waals surface area (Å²) in [5.41, 5.74) is 6.41. The van der Waals surface area contributed by atoms with Crippen LogP contribution in [0.15, 0.2) is 40.9 Å². The number of benzene rings is 2. The van der Waals surface area contributed by atoms with Crippen molar-refractivity contribution in [3.63, 3.8) is 0 Å². The van der Waals surface area contributed by atoms with E-state index < -0.39 is 0 Å².